The summed E-state index contributed by atoms with van der Waals surface area (Å²) in [6, 6.07) is 9.39. The molecule has 2 unspecified atom stereocenters. The summed E-state index contributed by atoms with van der Waals surface area (Å²) >= 11 is 0. The monoisotopic (exact) mass is 335 g/mol. The van der Waals surface area contributed by atoms with Crippen molar-refractivity contribution in [2.24, 2.45) is 5.92 Å². The number of likely N-dealkylation sites (tertiary alicyclic amines) is 1. The third kappa shape index (κ3) is 5.53. The van der Waals surface area contributed by atoms with Gasteiger partial charge in [0.25, 0.3) is 0 Å². The van der Waals surface area contributed by atoms with E-state index >= 15 is 0 Å². The average molecular weight is 335 g/mol. The molecular weight excluding hydrogens is 310 g/mol. The van der Waals surface area contributed by atoms with Crippen molar-refractivity contribution in [2.75, 3.05) is 13.1 Å². The van der Waals surface area contributed by atoms with Gasteiger partial charge in [0.1, 0.15) is 12.2 Å². The lowest BCUT2D eigenvalue weighted by Crippen LogP contribution is -2.30. The smallest absolute Gasteiger partial charge is 0.410 e. The van der Waals surface area contributed by atoms with Crippen LogP contribution in [0, 0.1) is 5.92 Å². The number of carbonyl (C=O) groups is 2. The molecule has 0 saturated carbocycles. The number of aliphatic hydroxyl groups excluding tert-OH is 1. The van der Waals surface area contributed by atoms with Crippen molar-refractivity contribution in [2.45, 2.75) is 45.5 Å². The molecule has 1 aromatic rings. The molecule has 1 N–H and O–H groups in total. The quantitative estimate of drug-likeness (QED) is 0.855. The number of β-amino-alcohol motifs (C(OH)–C–C–N with tert-alkyl or cyclic N) is 1. The third-order valence-corrected chi connectivity index (χ3v) is 3.72. The van der Waals surface area contributed by atoms with Gasteiger partial charge in [-0.15, -0.1) is 0 Å². The van der Waals surface area contributed by atoms with Gasteiger partial charge < -0.3 is 19.5 Å². The number of amides is 1. The van der Waals surface area contributed by atoms with E-state index in [9.17, 15) is 14.7 Å². The second-order valence-electron chi connectivity index (χ2n) is 7.06. The van der Waals surface area contributed by atoms with Gasteiger partial charge in [0.2, 0.25) is 0 Å². The zero-order valence-corrected chi connectivity index (χ0v) is 14.4. The number of aliphatic hydroxyl groups is 1. The highest BCUT2D eigenvalue weighted by atomic mass is 16.6. The van der Waals surface area contributed by atoms with Gasteiger partial charge >= 0.3 is 12.1 Å². The first-order valence-corrected chi connectivity index (χ1v) is 8.10. The Labute approximate surface area is 142 Å². The molecule has 1 aliphatic heterocycles. The summed E-state index contributed by atoms with van der Waals surface area (Å²) in [4.78, 5) is 25.4. The van der Waals surface area contributed by atoms with Crippen LogP contribution in [0.4, 0.5) is 4.79 Å². The Bertz CT molecular complexity index is 567. The maximum Gasteiger partial charge on any atom is 0.410 e. The van der Waals surface area contributed by atoms with Crippen molar-refractivity contribution in [3.05, 3.63) is 35.9 Å². The van der Waals surface area contributed by atoms with Crippen LogP contribution in [-0.2, 0) is 20.9 Å². The van der Waals surface area contributed by atoms with Gasteiger partial charge in [-0.05, 0) is 26.3 Å². The third-order valence-electron chi connectivity index (χ3n) is 3.72. The lowest BCUT2D eigenvalue weighted by Gasteiger charge is -2.21. The number of ether oxygens (including phenoxy) is 2. The van der Waals surface area contributed by atoms with Crippen LogP contribution in [-0.4, -0.2) is 46.9 Å². The van der Waals surface area contributed by atoms with Gasteiger partial charge in [-0.25, -0.2) is 4.79 Å². The summed E-state index contributed by atoms with van der Waals surface area (Å²) in [5.74, 6) is -0.699. The molecular formula is C18H25NO5. The minimum absolute atomic E-state index is 0.0842. The fraction of sp³-hybridized carbons (Fsp3) is 0.556. The highest BCUT2D eigenvalue weighted by Gasteiger charge is 2.36. The Morgan fingerprint density at radius 2 is 1.88 bits per heavy atom. The molecule has 0 aromatic heterocycles. The molecule has 1 saturated heterocycles. The summed E-state index contributed by atoms with van der Waals surface area (Å²) in [7, 11) is 0. The maximum atomic E-state index is 12.1. The van der Waals surface area contributed by atoms with E-state index in [4.69, 9.17) is 9.47 Å². The van der Waals surface area contributed by atoms with Crippen molar-refractivity contribution in [3.8, 4) is 0 Å². The number of benzene rings is 1. The van der Waals surface area contributed by atoms with Crippen molar-refractivity contribution in [3.63, 3.8) is 0 Å². The Hall–Kier alpha value is -2.08. The fourth-order valence-corrected chi connectivity index (χ4v) is 2.61. The molecule has 1 aliphatic rings. The number of rotatable bonds is 4. The number of carbonyl (C=O) groups excluding carboxylic acids is 2. The van der Waals surface area contributed by atoms with Gasteiger partial charge in [-0.3, -0.25) is 4.79 Å². The van der Waals surface area contributed by atoms with Crippen LogP contribution in [0.25, 0.3) is 0 Å². The molecule has 2 atom stereocenters. The molecule has 0 radical (unpaired) electrons. The van der Waals surface area contributed by atoms with E-state index in [2.05, 4.69) is 0 Å². The van der Waals surface area contributed by atoms with Crippen LogP contribution in [0.15, 0.2) is 30.3 Å². The number of nitrogens with zero attached hydrogens (tertiary/aromatic N) is 1. The number of hydrogen-bond acceptors (Lipinski definition) is 5. The first-order valence-electron chi connectivity index (χ1n) is 8.10. The van der Waals surface area contributed by atoms with Crippen molar-refractivity contribution < 1.29 is 24.2 Å². The van der Waals surface area contributed by atoms with Crippen LogP contribution in [0.3, 0.4) is 0 Å². The van der Waals surface area contributed by atoms with Crippen LogP contribution in [0.1, 0.15) is 32.8 Å². The van der Waals surface area contributed by atoms with E-state index < -0.39 is 17.8 Å². The van der Waals surface area contributed by atoms with Crippen molar-refractivity contribution in [1.82, 2.24) is 4.90 Å². The van der Waals surface area contributed by atoms with Crippen LogP contribution >= 0.6 is 0 Å². The summed E-state index contributed by atoms with van der Waals surface area (Å²) < 4.78 is 10.5. The Morgan fingerprint density at radius 3 is 2.50 bits per heavy atom. The van der Waals surface area contributed by atoms with E-state index in [1.807, 2.05) is 30.3 Å². The minimum Gasteiger partial charge on any atom is -0.460 e. The summed E-state index contributed by atoms with van der Waals surface area (Å²) in [5, 5.41) is 10.1. The van der Waals surface area contributed by atoms with E-state index in [0.717, 1.165) is 5.56 Å². The molecule has 6 heteroatoms. The largest absolute Gasteiger partial charge is 0.460 e. The summed E-state index contributed by atoms with van der Waals surface area (Å²) in [5.41, 5.74) is 0.338. The predicted molar refractivity (Wildman–Crippen MR) is 88.2 cm³/mol. The van der Waals surface area contributed by atoms with Gasteiger partial charge in [-0.1, -0.05) is 30.3 Å². The second kappa shape index (κ2) is 7.66. The predicted octanol–water partition coefficient (Wildman–Crippen LogP) is 2.35. The Balaban J connectivity index is 1.81. The van der Waals surface area contributed by atoms with Crippen LogP contribution < -0.4 is 0 Å². The lowest BCUT2D eigenvalue weighted by atomic mass is 10.0. The summed E-state index contributed by atoms with van der Waals surface area (Å²) in [6.07, 6.45) is -1.15. The first kappa shape index (κ1) is 18.3. The molecule has 0 spiro atoms. The van der Waals surface area contributed by atoms with Gasteiger partial charge in [0, 0.05) is 12.5 Å². The number of esters is 1. The van der Waals surface area contributed by atoms with Gasteiger partial charge in [-0.2, -0.15) is 0 Å². The number of hydrogen-bond donors (Lipinski definition) is 1. The van der Waals surface area contributed by atoms with Gasteiger partial charge in [0.05, 0.1) is 19.1 Å². The molecule has 6 nitrogen and oxygen atoms in total. The molecule has 2 rings (SSSR count). The Morgan fingerprint density at radius 1 is 1.21 bits per heavy atom. The topological polar surface area (TPSA) is 76.1 Å². The second-order valence-corrected chi connectivity index (χ2v) is 7.06. The van der Waals surface area contributed by atoms with E-state index in [-0.39, 0.29) is 38.0 Å². The highest BCUT2D eigenvalue weighted by Crippen LogP contribution is 2.23. The average Bonchev–Trinajstić information content (AvgIpc) is 2.85. The minimum atomic E-state index is -0.748. The van der Waals surface area contributed by atoms with E-state index in [0.29, 0.717) is 0 Å². The molecule has 0 bridgehead atoms. The van der Waals surface area contributed by atoms with Crippen LogP contribution in [0.5, 0.6) is 0 Å². The molecule has 0 aliphatic carbocycles. The fourth-order valence-electron chi connectivity index (χ4n) is 2.61. The lowest BCUT2D eigenvalue weighted by molar-refractivity contribution is -0.156. The Kier molecular flexibility index (Phi) is 5.83. The molecule has 1 fully saturated rings. The zero-order chi connectivity index (χ0) is 17.7. The standard InChI is InChI=1S/C18H25NO5/c1-18(2,3)24-16(21)9-14-10-19(11-15(14)20)17(22)23-12-13-7-5-4-6-8-13/h4-8,14-15,20H,9-12H2,1-3H3. The molecule has 1 amide bonds. The summed E-state index contributed by atoms with van der Waals surface area (Å²) in [6.45, 7) is 6.02. The molecule has 1 heterocycles. The molecule has 132 valence electrons. The maximum absolute atomic E-state index is 12.1. The highest BCUT2D eigenvalue weighted by molar-refractivity contribution is 5.71. The van der Waals surface area contributed by atoms with E-state index in [1.54, 1.807) is 20.8 Å². The normalized spacial score (nSPS) is 20.8. The first-order chi connectivity index (χ1) is 11.2. The SMILES string of the molecule is CC(C)(C)OC(=O)CC1CN(C(=O)OCc2ccccc2)CC1O. The van der Waals surface area contributed by atoms with Crippen LogP contribution in [0.2, 0.25) is 0 Å². The van der Waals surface area contributed by atoms with E-state index in [1.165, 1.54) is 4.90 Å². The zero-order valence-electron chi connectivity index (χ0n) is 14.4. The van der Waals surface area contributed by atoms with Crippen molar-refractivity contribution in [1.29, 1.82) is 0 Å². The molecule has 1 aromatic carbocycles. The molecule has 24 heavy (non-hydrogen) atoms. The van der Waals surface area contributed by atoms with Gasteiger partial charge in [0.15, 0.2) is 0 Å². The van der Waals surface area contributed by atoms with Crippen molar-refractivity contribution >= 4 is 12.1 Å².